The van der Waals surface area contributed by atoms with Gasteiger partial charge in [-0.15, -0.1) is 0 Å². The molecule has 0 amide bonds. The Morgan fingerprint density at radius 3 is 1.71 bits per heavy atom. The van der Waals surface area contributed by atoms with Gasteiger partial charge in [-0.3, -0.25) is 9.59 Å². The van der Waals surface area contributed by atoms with E-state index < -0.39 is 55.4 Å². The summed E-state index contributed by atoms with van der Waals surface area (Å²) in [6.45, 7) is -1.52. The zero-order valence-electron chi connectivity index (χ0n) is 19.2. The highest BCUT2D eigenvalue weighted by Crippen LogP contribution is 2.10. The van der Waals surface area contributed by atoms with Crippen LogP contribution in [0, 0.1) is 0 Å². The van der Waals surface area contributed by atoms with E-state index >= 15 is 0 Å². The van der Waals surface area contributed by atoms with Gasteiger partial charge in [-0.1, -0.05) is 0 Å². The maximum absolute atomic E-state index is 12.1. The van der Waals surface area contributed by atoms with Crippen molar-refractivity contribution in [3.63, 3.8) is 0 Å². The van der Waals surface area contributed by atoms with Crippen LogP contribution < -0.4 is 0 Å². The maximum Gasteiger partial charge on any atom is 0.338 e. The molecule has 0 saturated carbocycles. The molecular weight excluding hydrogens is 488 g/mol. The van der Waals surface area contributed by atoms with E-state index in [4.69, 9.17) is 19.3 Å². The minimum Gasteiger partial charge on any atom is -0.469 e. The Hall–Kier alpha value is -2.71. The molecule has 0 aliphatic heterocycles. The van der Waals surface area contributed by atoms with Gasteiger partial charge >= 0.3 is 23.9 Å². The number of hydrogen-bond donors (Lipinski definition) is 4. The summed E-state index contributed by atoms with van der Waals surface area (Å²) >= 11 is 1.20. The number of methoxy groups -OCH3 is 1. The number of benzene rings is 1. The molecule has 3 atom stereocenters. The molecule has 0 radical (unpaired) electrons. The predicted octanol–water partition coefficient (Wildman–Crippen LogP) is -0.695. The van der Waals surface area contributed by atoms with Crippen molar-refractivity contribution in [2.75, 3.05) is 45.0 Å². The van der Waals surface area contributed by atoms with Gasteiger partial charge in [-0.25, -0.2) is 9.59 Å². The number of carbonyl (C=O) groups excluding carboxylic acids is 4. The molecule has 0 saturated heterocycles. The van der Waals surface area contributed by atoms with Gasteiger partial charge in [0.2, 0.25) is 0 Å². The van der Waals surface area contributed by atoms with Crippen molar-refractivity contribution in [3.05, 3.63) is 35.4 Å². The van der Waals surface area contributed by atoms with E-state index in [9.17, 15) is 34.5 Å². The molecule has 0 spiro atoms. The van der Waals surface area contributed by atoms with Gasteiger partial charge in [0.1, 0.15) is 25.9 Å². The van der Waals surface area contributed by atoms with Crippen LogP contribution in [0.3, 0.4) is 0 Å². The van der Waals surface area contributed by atoms with E-state index in [2.05, 4.69) is 4.74 Å². The number of esters is 4. The van der Waals surface area contributed by atoms with Gasteiger partial charge in [0.05, 0.1) is 49.9 Å². The second kappa shape index (κ2) is 16.8. The smallest absolute Gasteiger partial charge is 0.338 e. The largest absolute Gasteiger partial charge is 0.469 e. The van der Waals surface area contributed by atoms with Crippen LogP contribution in [0.5, 0.6) is 0 Å². The molecule has 0 fully saturated rings. The van der Waals surface area contributed by atoms with E-state index in [0.29, 0.717) is 0 Å². The molecule has 35 heavy (non-hydrogen) atoms. The number of rotatable bonds is 16. The molecule has 0 heterocycles. The van der Waals surface area contributed by atoms with Gasteiger partial charge in [0.15, 0.2) is 0 Å². The van der Waals surface area contributed by atoms with Gasteiger partial charge in [0, 0.05) is 11.5 Å². The maximum atomic E-state index is 12.1. The highest BCUT2D eigenvalue weighted by molar-refractivity contribution is 7.99. The predicted molar refractivity (Wildman–Crippen MR) is 122 cm³/mol. The molecule has 0 bridgehead atoms. The van der Waals surface area contributed by atoms with Crippen molar-refractivity contribution < 1.29 is 58.6 Å². The first-order valence-electron chi connectivity index (χ1n) is 10.6. The third kappa shape index (κ3) is 13.1. The second-order valence-corrected chi connectivity index (χ2v) is 8.29. The molecule has 1 aromatic carbocycles. The zero-order valence-corrected chi connectivity index (χ0v) is 20.0. The first kappa shape index (κ1) is 30.3. The summed E-state index contributed by atoms with van der Waals surface area (Å²) in [5.74, 6) is -2.34. The summed E-state index contributed by atoms with van der Waals surface area (Å²) < 4.78 is 19.1. The van der Waals surface area contributed by atoms with E-state index in [1.54, 1.807) is 0 Å². The quantitative estimate of drug-likeness (QED) is 0.159. The van der Waals surface area contributed by atoms with E-state index in [1.165, 1.54) is 43.1 Å². The number of aliphatic hydroxyl groups is 4. The molecule has 13 heteroatoms. The third-order valence-corrected chi connectivity index (χ3v) is 5.44. The number of hydrogen-bond acceptors (Lipinski definition) is 13. The minimum atomic E-state index is -1.27. The second-order valence-electron chi connectivity index (χ2n) is 7.21. The summed E-state index contributed by atoms with van der Waals surface area (Å²) in [5.41, 5.74) is 0.235. The number of ether oxygens (including phenoxy) is 4. The van der Waals surface area contributed by atoms with E-state index in [0.717, 1.165) is 0 Å². The first-order chi connectivity index (χ1) is 16.7. The molecule has 12 nitrogen and oxygen atoms in total. The molecule has 0 aliphatic rings. The number of thioether (sulfide) groups is 1. The van der Waals surface area contributed by atoms with Crippen LogP contribution >= 0.6 is 11.8 Å². The monoisotopic (exact) mass is 518 g/mol. The average Bonchev–Trinajstić information content (AvgIpc) is 2.87. The van der Waals surface area contributed by atoms with E-state index in [1.807, 2.05) is 0 Å². The minimum absolute atomic E-state index is 0.0997. The SMILES string of the molecule is COC(=O)CCC(=O)OCC(O)COC(=O)c1ccc(C(=O)OCC(O)CSCC(O)CO)cc1. The van der Waals surface area contributed by atoms with Crippen molar-refractivity contribution in [2.24, 2.45) is 0 Å². The fourth-order valence-corrected chi connectivity index (χ4v) is 3.19. The Morgan fingerprint density at radius 2 is 1.20 bits per heavy atom. The lowest BCUT2D eigenvalue weighted by atomic mass is 10.1. The van der Waals surface area contributed by atoms with E-state index in [-0.39, 0.29) is 48.7 Å². The van der Waals surface area contributed by atoms with Crippen LogP contribution in [0.4, 0.5) is 0 Å². The van der Waals surface area contributed by atoms with Crippen molar-refractivity contribution in [2.45, 2.75) is 31.2 Å². The van der Waals surface area contributed by atoms with Gasteiger partial charge in [-0.2, -0.15) is 11.8 Å². The number of carbonyl (C=O) groups is 4. The van der Waals surface area contributed by atoms with Crippen LogP contribution in [-0.4, -0.2) is 108 Å². The Morgan fingerprint density at radius 1 is 0.743 bits per heavy atom. The lowest BCUT2D eigenvalue weighted by Gasteiger charge is -2.13. The molecule has 196 valence electrons. The Balaban J connectivity index is 2.34. The van der Waals surface area contributed by atoms with Crippen LogP contribution in [0.15, 0.2) is 24.3 Å². The molecule has 4 N–H and O–H groups in total. The van der Waals surface area contributed by atoms with Gasteiger partial charge < -0.3 is 39.4 Å². The third-order valence-electron chi connectivity index (χ3n) is 4.20. The van der Waals surface area contributed by atoms with Crippen molar-refractivity contribution in [3.8, 4) is 0 Å². The highest BCUT2D eigenvalue weighted by atomic mass is 32.2. The summed E-state index contributed by atoms with van der Waals surface area (Å²) in [7, 11) is 1.19. The van der Waals surface area contributed by atoms with Gasteiger partial charge in [-0.05, 0) is 24.3 Å². The summed E-state index contributed by atoms with van der Waals surface area (Å²) in [6.07, 6.45) is -3.47. The van der Waals surface area contributed by atoms with Crippen LogP contribution in [-0.2, 0) is 28.5 Å². The topological polar surface area (TPSA) is 186 Å². The Labute approximate surface area is 206 Å². The number of aliphatic hydroxyl groups excluding tert-OH is 4. The normalized spacial score (nSPS) is 13.3. The fraction of sp³-hybridized carbons (Fsp3) is 0.545. The Bertz CT molecular complexity index is 813. The van der Waals surface area contributed by atoms with Crippen LogP contribution in [0.1, 0.15) is 33.6 Å². The first-order valence-corrected chi connectivity index (χ1v) is 11.7. The molecule has 3 unspecified atom stereocenters. The van der Waals surface area contributed by atoms with Crippen molar-refractivity contribution >= 4 is 35.6 Å². The molecule has 0 aliphatic carbocycles. The van der Waals surface area contributed by atoms with Crippen molar-refractivity contribution in [1.82, 2.24) is 0 Å². The summed E-state index contributed by atoms with van der Waals surface area (Å²) in [6, 6.07) is 5.30. The van der Waals surface area contributed by atoms with Crippen LogP contribution in [0.25, 0.3) is 0 Å². The Kier molecular flexibility index (Phi) is 14.6. The van der Waals surface area contributed by atoms with Gasteiger partial charge in [0.25, 0.3) is 0 Å². The molecule has 0 aromatic heterocycles. The molecule has 1 rings (SSSR count). The van der Waals surface area contributed by atoms with Crippen LogP contribution in [0.2, 0.25) is 0 Å². The average molecular weight is 519 g/mol. The summed E-state index contributed by atoms with van der Waals surface area (Å²) in [4.78, 5) is 46.6. The highest BCUT2D eigenvalue weighted by Gasteiger charge is 2.16. The lowest BCUT2D eigenvalue weighted by molar-refractivity contribution is -0.151. The summed E-state index contributed by atoms with van der Waals surface area (Å²) in [5, 5.41) is 37.5. The lowest BCUT2D eigenvalue weighted by Crippen LogP contribution is -2.25. The standard InChI is InChI=1S/C22H30O12S/c1-31-19(27)6-7-20(28)32-9-17(25)10-33-21(29)14-2-4-15(5-3-14)22(30)34-11-18(26)13-35-12-16(24)8-23/h2-5,16-18,23-26H,6-13H2,1H3. The van der Waals surface area contributed by atoms with Crippen molar-refractivity contribution in [1.29, 1.82) is 0 Å². The molecule has 1 aromatic rings. The zero-order chi connectivity index (χ0) is 26.2. The molecular formula is C22H30O12S. The fourth-order valence-electron chi connectivity index (χ4n) is 2.31.